The fourth-order valence-electron chi connectivity index (χ4n) is 5.14. The van der Waals surface area contributed by atoms with Gasteiger partial charge in [0.2, 0.25) is 0 Å². The SMILES string of the molecule is CCCCCCCCCC=C[P+](CP(c1ccccc1)c1ccccc1)(c1ccccc1)c1ccccc1. The zero-order chi connectivity index (χ0) is 26.3. The Balaban J connectivity index is 1.69. The van der Waals surface area contributed by atoms with Gasteiger partial charge in [-0.25, -0.2) is 0 Å². The Morgan fingerprint density at radius 3 is 1.42 bits per heavy atom. The van der Waals surface area contributed by atoms with Crippen LogP contribution in [0.3, 0.4) is 0 Å². The number of hydrogen-bond acceptors (Lipinski definition) is 0. The Kier molecular flexibility index (Phi) is 11.8. The normalized spacial score (nSPS) is 11.8. The molecule has 0 fully saturated rings. The van der Waals surface area contributed by atoms with Crippen LogP contribution in [0.1, 0.15) is 58.3 Å². The van der Waals surface area contributed by atoms with E-state index in [0.29, 0.717) is 0 Å². The van der Waals surface area contributed by atoms with E-state index in [-0.39, 0.29) is 0 Å². The van der Waals surface area contributed by atoms with E-state index in [1.807, 2.05) is 0 Å². The van der Waals surface area contributed by atoms with Gasteiger partial charge in [0.25, 0.3) is 0 Å². The minimum atomic E-state index is -1.81. The smallest absolute Gasteiger partial charge is 0.0654 e. The average molecular weight is 538 g/mol. The summed E-state index contributed by atoms with van der Waals surface area (Å²) in [6, 6.07) is 45.2. The van der Waals surface area contributed by atoms with Gasteiger partial charge in [-0.1, -0.05) is 143 Å². The molecule has 0 saturated heterocycles. The van der Waals surface area contributed by atoms with Gasteiger partial charge in [-0.05, 0) is 61.7 Å². The Morgan fingerprint density at radius 1 is 0.526 bits per heavy atom. The van der Waals surface area contributed by atoms with E-state index in [1.54, 1.807) is 0 Å². The molecule has 0 spiro atoms. The second kappa shape index (κ2) is 15.8. The van der Waals surface area contributed by atoms with Gasteiger partial charge in [0.15, 0.2) is 0 Å². The maximum Gasteiger partial charge on any atom is 0.109 e. The molecule has 4 aromatic carbocycles. The van der Waals surface area contributed by atoms with Gasteiger partial charge in [-0.2, -0.15) is 0 Å². The summed E-state index contributed by atoms with van der Waals surface area (Å²) >= 11 is 0. The first-order chi connectivity index (χ1) is 18.8. The summed E-state index contributed by atoms with van der Waals surface area (Å²) in [5, 5.41) is 5.90. The maximum atomic E-state index is 2.66. The number of benzene rings is 4. The van der Waals surface area contributed by atoms with Crippen molar-refractivity contribution in [3.8, 4) is 0 Å². The van der Waals surface area contributed by atoms with Crippen molar-refractivity contribution < 1.29 is 0 Å². The molecular weight excluding hydrogens is 494 g/mol. The second-order valence-electron chi connectivity index (χ2n) is 10.1. The lowest BCUT2D eigenvalue weighted by molar-refractivity contribution is 0.592. The largest absolute Gasteiger partial charge is 0.109 e. The van der Waals surface area contributed by atoms with E-state index in [1.165, 1.54) is 72.6 Å². The van der Waals surface area contributed by atoms with Crippen LogP contribution < -0.4 is 21.2 Å². The van der Waals surface area contributed by atoms with Crippen LogP contribution in [0, 0.1) is 0 Å². The fourth-order valence-corrected chi connectivity index (χ4v) is 13.8. The van der Waals surface area contributed by atoms with Crippen LogP contribution in [0.2, 0.25) is 0 Å². The van der Waals surface area contributed by atoms with Gasteiger partial charge in [0.05, 0.1) is 11.7 Å². The molecule has 4 rings (SSSR count). The number of rotatable bonds is 15. The van der Waals surface area contributed by atoms with Crippen LogP contribution in [0.15, 0.2) is 133 Å². The summed E-state index contributed by atoms with van der Waals surface area (Å²) in [5.74, 6) is 3.81. The molecule has 0 bridgehead atoms. The van der Waals surface area contributed by atoms with Crippen molar-refractivity contribution in [3.63, 3.8) is 0 Å². The molecule has 0 aliphatic carbocycles. The van der Waals surface area contributed by atoms with E-state index in [4.69, 9.17) is 0 Å². The van der Waals surface area contributed by atoms with E-state index < -0.39 is 15.2 Å². The zero-order valence-corrected chi connectivity index (χ0v) is 24.7. The van der Waals surface area contributed by atoms with Crippen molar-refractivity contribution in [2.45, 2.75) is 58.3 Å². The molecule has 0 N–H and O–H groups in total. The van der Waals surface area contributed by atoms with Crippen LogP contribution in [0.5, 0.6) is 0 Å². The van der Waals surface area contributed by atoms with Gasteiger partial charge in [0.1, 0.15) is 17.9 Å². The Morgan fingerprint density at radius 2 is 0.947 bits per heavy atom. The molecular formula is C36H43P2+. The van der Waals surface area contributed by atoms with E-state index in [9.17, 15) is 0 Å². The second-order valence-corrected chi connectivity index (χ2v) is 16.2. The van der Waals surface area contributed by atoms with Crippen LogP contribution in [0.25, 0.3) is 0 Å². The van der Waals surface area contributed by atoms with Crippen LogP contribution in [-0.4, -0.2) is 5.90 Å². The average Bonchev–Trinajstić information content (AvgIpc) is 3.00. The molecule has 0 aliphatic heterocycles. The van der Waals surface area contributed by atoms with Crippen molar-refractivity contribution in [2.75, 3.05) is 5.90 Å². The third-order valence-corrected chi connectivity index (χ3v) is 15.2. The van der Waals surface area contributed by atoms with Crippen molar-refractivity contribution in [2.24, 2.45) is 0 Å². The molecule has 0 aromatic heterocycles. The highest BCUT2D eigenvalue weighted by Crippen LogP contribution is 2.65. The van der Waals surface area contributed by atoms with Gasteiger partial charge in [0, 0.05) is 0 Å². The fraction of sp³-hybridized carbons (Fsp3) is 0.278. The third kappa shape index (κ3) is 7.99. The van der Waals surface area contributed by atoms with Crippen LogP contribution in [-0.2, 0) is 0 Å². The predicted molar refractivity (Wildman–Crippen MR) is 175 cm³/mol. The van der Waals surface area contributed by atoms with Crippen LogP contribution >= 0.6 is 15.2 Å². The molecule has 0 aliphatic rings. The number of hydrogen-bond donors (Lipinski definition) is 0. The first-order valence-electron chi connectivity index (χ1n) is 14.4. The number of unbranched alkanes of at least 4 members (excludes halogenated alkanes) is 7. The lowest BCUT2D eigenvalue weighted by Crippen LogP contribution is -2.26. The molecule has 38 heavy (non-hydrogen) atoms. The highest BCUT2D eigenvalue weighted by atomic mass is 31.2. The summed E-state index contributed by atoms with van der Waals surface area (Å²) in [5.41, 5.74) is 0. The van der Waals surface area contributed by atoms with Crippen molar-refractivity contribution in [1.29, 1.82) is 0 Å². The summed E-state index contributed by atoms with van der Waals surface area (Å²) in [4.78, 5) is 0. The van der Waals surface area contributed by atoms with E-state index in [0.717, 1.165) is 5.90 Å². The summed E-state index contributed by atoms with van der Waals surface area (Å²) in [6.45, 7) is 2.29. The van der Waals surface area contributed by atoms with Gasteiger partial charge in [-0.3, -0.25) is 0 Å². The zero-order valence-electron chi connectivity index (χ0n) is 23.0. The van der Waals surface area contributed by atoms with Gasteiger partial charge in [-0.15, -0.1) is 0 Å². The molecule has 0 saturated carbocycles. The summed E-state index contributed by atoms with van der Waals surface area (Å²) in [6.07, 6.45) is 13.2. The molecule has 0 atom stereocenters. The highest BCUT2D eigenvalue weighted by Gasteiger charge is 2.43. The maximum absolute atomic E-state index is 2.66. The molecule has 2 heteroatoms. The minimum Gasteiger partial charge on any atom is -0.0654 e. The molecule has 0 radical (unpaired) electrons. The van der Waals surface area contributed by atoms with E-state index >= 15 is 0 Å². The van der Waals surface area contributed by atoms with Crippen molar-refractivity contribution >= 4 is 36.4 Å². The highest BCUT2D eigenvalue weighted by molar-refractivity contribution is 8.00. The minimum absolute atomic E-state index is 0.524. The monoisotopic (exact) mass is 537 g/mol. The van der Waals surface area contributed by atoms with Gasteiger partial charge < -0.3 is 0 Å². The molecule has 4 aromatic rings. The summed E-state index contributed by atoms with van der Waals surface area (Å²) in [7, 11) is -2.33. The molecule has 0 heterocycles. The number of allylic oxidation sites excluding steroid dienone is 1. The Bertz CT molecular complexity index is 1110. The lowest BCUT2D eigenvalue weighted by atomic mass is 10.1. The Hall–Kier alpha value is -2.52. The molecule has 0 nitrogen and oxygen atoms in total. The summed E-state index contributed by atoms with van der Waals surface area (Å²) < 4.78 is 0. The molecule has 0 unspecified atom stereocenters. The third-order valence-electron chi connectivity index (χ3n) is 7.27. The predicted octanol–water partition coefficient (Wildman–Crippen LogP) is 9.40. The van der Waals surface area contributed by atoms with Crippen molar-refractivity contribution in [3.05, 3.63) is 133 Å². The first-order valence-corrected chi connectivity index (χ1v) is 17.9. The van der Waals surface area contributed by atoms with Crippen molar-refractivity contribution in [1.82, 2.24) is 0 Å². The van der Waals surface area contributed by atoms with Gasteiger partial charge >= 0.3 is 0 Å². The topological polar surface area (TPSA) is 0 Å². The lowest BCUT2D eigenvalue weighted by Gasteiger charge is -2.29. The first kappa shape index (κ1) is 28.5. The Labute approximate surface area is 233 Å². The quantitative estimate of drug-likeness (QED) is 0.105. The molecule has 196 valence electrons. The standard InChI is InChI=1S/C36H43P2/c1-2-3-4-5-6-7-8-9-22-31-38(35-27-18-12-19-28-35,36-29-20-13-21-30-36)32-37(33-23-14-10-15-24-33)34-25-16-11-17-26-34/h10-31H,2-9,32H2,1H3/q+1. The van der Waals surface area contributed by atoms with E-state index in [2.05, 4.69) is 140 Å². The molecule has 0 amide bonds. The van der Waals surface area contributed by atoms with Crippen LogP contribution in [0.4, 0.5) is 0 Å².